The number of hydrogen-bond donors (Lipinski definition) is 2. The van der Waals surface area contributed by atoms with Gasteiger partial charge < -0.3 is 14.7 Å². The Bertz CT molecular complexity index is 251. The molecular formula is C16H32NO2+. The number of hydrogen-bond acceptors (Lipinski definition) is 2. The smallest absolute Gasteiger partial charge is 0.126 e. The van der Waals surface area contributed by atoms with Crippen molar-refractivity contribution in [2.24, 2.45) is 11.8 Å². The molecule has 2 fully saturated rings. The summed E-state index contributed by atoms with van der Waals surface area (Å²) in [7, 11) is 0. The number of aliphatic hydroxyl groups excluding tert-OH is 1. The Morgan fingerprint density at radius 3 is 2.47 bits per heavy atom. The van der Waals surface area contributed by atoms with Crippen LogP contribution in [0.4, 0.5) is 0 Å². The minimum absolute atomic E-state index is 0.280. The van der Waals surface area contributed by atoms with Gasteiger partial charge >= 0.3 is 0 Å². The molecule has 112 valence electrons. The first-order chi connectivity index (χ1) is 9.15. The monoisotopic (exact) mass is 270 g/mol. The van der Waals surface area contributed by atoms with E-state index < -0.39 is 0 Å². The Morgan fingerprint density at radius 2 is 1.79 bits per heavy atom. The molecule has 19 heavy (non-hydrogen) atoms. The maximum Gasteiger partial charge on any atom is 0.126 e. The number of likely N-dealkylation sites (tertiary alicyclic amines) is 1. The molecule has 0 radical (unpaired) electrons. The normalized spacial score (nSPS) is 38.1. The van der Waals surface area contributed by atoms with E-state index in [0.717, 1.165) is 12.5 Å². The van der Waals surface area contributed by atoms with Crippen molar-refractivity contribution in [1.29, 1.82) is 0 Å². The van der Waals surface area contributed by atoms with Crippen molar-refractivity contribution >= 4 is 0 Å². The van der Waals surface area contributed by atoms with Crippen LogP contribution < -0.4 is 4.90 Å². The fraction of sp³-hybridized carbons (Fsp3) is 1.00. The molecule has 2 unspecified atom stereocenters. The van der Waals surface area contributed by atoms with Gasteiger partial charge in [0.25, 0.3) is 0 Å². The topological polar surface area (TPSA) is 33.9 Å². The second-order valence-electron chi connectivity index (χ2n) is 6.92. The van der Waals surface area contributed by atoms with Gasteiger partial charge in [0.1, 0.15) is 12.6 Å². The summed E-state index contributed by atoms with van der Waals surface area (Å²) in [6.07, 6.45) is 7.83. The van der Waals surface area contributed by atoms with Gasteiger partial charge in [0, 0.05) is 0 Å². The second kappa shape index (κ2) is 7.61. The van der Waals surface area contributed by atoms with Crippen LogP contribution in [0.3, 0.4) is 0 Å². The molecule has 0 amide bonds. The van der Waals surface area contributed by atoms with Gasteiger partial charge in [-0.1, -0.05) is 26.7 Å². The van der Waals surface area contributed by atoms with Crippen molar-refractivity contribution in [3.05, 3.63) is 0 Å². The van der Waals surface area contributed by atoms with Crippen LogP contribution in [0.25, 0.3) is 0 Å². The third-order valence-corrected chi connectivity index (χ3v) is 5.04. The molecule has 0 spiro atoms. The second-order valence-corrected chi connectivity index (χ2v) is 6.92. The Balaban J connectivity index is 1.62. The summed E-state index contributed by atoms with van der Waals surface area (Å²) in [4.78, 5) is 1.56. The Morgan fingerprint density at radius 1 is 1.11 bits per heavy atom. The molecule has 3 atom stereocenters. The van der Waals surface area contributed by atoms with Crippen molar-refractivity contribution in [3.63, 3.8) is 0 Å². The van der Waals surface area contributed by atoms with Gasteiger partial charge in [0.2, 0.25) is 0 Å². The van der Waals surface area contributed by atoms with Gasteiger partial charge in [-0.25, -0.2) is 0 Å². The molecule has 0 bridgehead atoms. The predicted octanol–water partition coefficient (Wildman–Crippen LogP) is 1.26. The number of quaternary nitrogens is 1. The first-order valence-electron chi connectivity index (χ1n) is 8.28. The number of ether oxygens (including phenoxy) is 1. The number of nitrogens with one attached hydrogen (secondary N) is 1. The SMILES string of the molecule is CC1CC[NH+](C[C@@H](O)COC2CCCCC2C)CC1. The molecule has 0 aromatic carbocycles. The average Bonchev–Trinajstić information content (AvgIpc) is 2.40. The molecule has 1 aliphatic carbocycles. The van der Waals surface area contributed by atoms with Crippen molar-refractivity contribution in [2.75, 3.05) is 26.2 Å². The van der Waals surface area contributed by atoms with Gasteiger partial charge in [-0.15, -0.1) is 0 Å². The van der Waals surface area contributed by atoms with Crippen LogP contribution in [0.5, 0.6) is 0 Å². The third-order valence-electron chi connectivity index (χ3n) is 5.04. The van der Waals surface area contributed by atoms with E-state index in [2.05, 4.69) is 13.8 Å². The van der Waals surface area contributed by atoms with Gasteiger partial charge in [-0.05, 0) is 37.5 Å². The Hall–Kier alpha value is -0.120. The van der Waals surface area contributed by atoms with Crippen LogP contribution in [-0.4, -0.2) is 43.6 Å². The molecule has 2 rings (SSSR count). The fourth-order valence-corrected chi connectivity index (χ4v) is 3.53. The molecule has 0 aromatic heterocycles. The van der Waals surface area contributed by atoms with Crippen LogP contribution >= 0.6 is 0 Å². The molecule has 2 N–H and O–H groups in total. The summed E-state index contributed by atoms with van der Waals surface area (Å²) >= 11 is 0. The predicted molar refractivity (Wildman–Crippen MR) is 77.3 cm³/mol. The molecule has 1 saturated carbocycles. The highest BCUT2D eigenvalue weighted by molar-refractivity contribution is 4.73. The molecule has 3 heteroatoms. The van der Waals surface area contributed by atoms with Crippen molar-refractivity contribution in [1.82, 2.24) is 0 Å². The maximum absolute atomic E-state index is 10.1. The van der Waals surface area contributed by atoms with E-state index in [9.17, 15) is 5.11 Å². The van der Waals surface area contributed by atoms with Crippen LogP contribution in [0.15, 0.2) is 0 Å². The first kappa shape index (κ1) is 15.3. The van der Waals surface area contributed by atoms with E-state index in [1.54, 1.807) is 4.90 Å². The first-order valence-corrected chi connectivity index (χ1v) is 8.28. The standard InChI is InChI=1S/C16H31NO2/c1-13-7-9-17(10-8-13)11-15(18)12-19-16-6-4-3-5-14(16)2/h13-16,18H,3-12H2,1-2H3/p+1/t14?,15-,16?/m1/s1. The summed E-state index contributed by atoms with van der Waals surface area (Å²) in [6, 6.07) is 0. The van der Waals surface area contributed by atoms with E-state index in [-0.39, 0.29) is 6.10 Å². The van der Waals surface area contributed by atoms with Crippen molar-refractivity contribution < 1.29 is 14.7 Å². The van der Waals surface area contributed by atoms with Gasteiger partial charge in [-0.3, -0.25) is 0 Å². The van der Waals surface area contributed by atoms with Gasteiger partial charge in [0.15, 0.2) is 0 Å². The molecule has 2 aliphatic rings. The van der Waals surface area contributed by atoms with Gasteiger partial charge in [-0.2, -0.15) is 0 Å². The summed E-state index contributed by atoms with van der Waals surface area (Å²) in [5.41, 5.74) is 0. The van der Waals surface area contributed by atoms with E-state index >= 15 is 0 Å². The lowest BCUT2D eigenvalue weighted by Gasteiger charge is -2.31. The largest absolute Gasteiger partial charge is 0.385 e. The summed E-state index contributed by atoms with van der Waals surface area (Å²) in [6.45, 7) is 8.46. The minimum atomic E-state index is -0.280. The summed E-state index contributed by atoms with van der Waals surface area (Å²) in [5.74, 6) is 1.55. The van der Waals surface area contributed by atoms with Crippen molar-refractivity contribution in [2.45, 2.75) is 64.6 Å². The zero-order valence-corrected chi connectivity index (χ0v) is 12.7. The average molecular weight is 270 g/mol. The summed E-state index contributed by atoms with van der Waals surface area (Å²) < 4.78 is 5.96. The maximum atomic E-state index is 10.1. The molecule has 3 nitrogen and oxygen atoms in total. The lowest BCUT2D eigenvalue weighted by Crippen LogP contribution is -3.14. The molecular weight excluding hydrogens is 238 g/mol. The van der Waals surface area contributed by atoms with Crippen LogP contribution in [-0.2, 0) is 4.74 Å². The highest BCUT2D eigenvalue weighted by Crippen LogP contribution is 2.26. The Labute approximate surface area is 118 Å². The van der Waals surface area contributed by atoms with E-state index in [1.165, 1.54) is 51.6 Å². The Kier molecular flexibility index (Phi) is 6.11. The number of piperidine rings is 1. The van der Waals surface area contributed by atoms with Gasteiger partial charge in [0.05, 0.1) is 25.8 Å². The fourth-order valence-electron chi connectivity index (χ4n) is 3.53. The molecule has 1 heterocycles. The van der Waals surface area contributed by atoms with Crippen molar-refractivity contribution in [3.8, 4) is 0 Å². The zero-order chi connectivity index (χ0) is 13.7. The van der Waals surface area contributed by atoms with E-state index in [1.807, 2.05) is 0 Å². The molecule has 1 saturated heterocycles. The lowest BCUT2D eigenvalue weighted by atomic mass is 9.88. The zero-order valence-electron chi connectivity index (χ0n) is 12.7. The number of rotatable bonds is 5. The van der Waals surface area contributed by atoms with E-state index in [4.69, 9.17) is 4.74 Å². The summed E-state index contributed by atoms with van der Waals surface area (Å²) in [5, 5.41) is 10.1. The van der Waals surface area contributed by atoms with E-state index in [0.29, 0.717) is 18.6 Å². The quantitative estimate of drug-likeness (QED) is 0.788. The van der Waals surface area contributed by atoms with Crippen LogP contribution in [0.1, 0.15) is 52.4 Å². The van der Waals surface area contributed by atoms with Crippen LogP contribution in [0, 0.1) is 11.8 Å². The highest BCUT2D eigenvalue weighted by Gasteiger charge is 2.25. The molecule has 0 aromatic rings. The lowest BCUT2D eigenvalue weighted by molar-refractivity contribution is -0.909. The highest BCUT2D eigenvalue weighted by atomic mass is 16.5. The number of aliphatic hydroxyl groups is 1. The minimum Gasteiger partial charge on any atom is -0.385 e. The van der Waals surface area contributed by atoms with Crippen LogP contribution in [0.2, 0.25) is 0 Å². The third kappa shape index (κ3) is 5.05. The molecule has 1 aliphatic heterocycles.